The van der Waals surface area contributed by atoms with E-state index < -0.39 is 0 Å². The average molecular weight is 309 g/mol. The molecule has 0 saturated heterocycles. The first-order valence-corrected chi connectivity index (χ1v) is 7.57. The molecule has 1 rings (SSSR count). The molecule has 0 aromatic heterocycles. The Labute approximate surface area is 132 Å². The van der Waals surface area contributed by atoms with Crippen molar-refractivity contribution in [1.82, 2.24) is 10.6 Å². The van der Waals surface area contributed by atoms with Crippen molar-refractivity contribution >= 4 is 5.91 Å². The SMILES string of the molecule is CC(=O)NC(Cc1ccccc1)C(CCN)OC(C)NCO. The number of benzene rings is 1. The van der Waals surface area contributed by atoms with Crippen molar-refractivity contribution in [3.63, 3.8) is 0 Å². The zero-order valence-corrected chi connectivity index (χ0v) is 13.3. The monoisotopic (exact) mass is 309 g/mol. The lowest BCUT2D eigenvalue weighted by molar-refractivity contribution is -0.122. The standard InChI is InChI=1S/C16H27N3O3/c1-12(21)19-15(10-14-6-4-3-5-7-14)16(8-9-17)22-13(2)18-11-20/h3-7,13,15-16,18,20H,8-11,17H2,1-2H3,(H,19,21). The number of rotatable bonds is 10. The quantitative estimate of drug-likeness (QED) is 0.468. The summed E-state index contributed by atoms with van der Waals surface area (Å²) in [5, 5.41) is 14.7. The van der Waals surface area contributed by atoms with Gasteiger partial charge in [0.2, 0.25) is 5.91 Å². The van der Waals surface area contributed by atoms with Crippen molar-refractivity contribution < 1.29 is 14.6 Å². The van der Waals surface area contributed by atoms with Gasteiger partial charge in [-0.15, -0.1) is 0 Å². The summed E-state index contributed by atoms with van der Waals surface area (Å²) < 4.78 is 5.90. The molecule has 0 aliphatic carbocycles. The van der Waals surface area contributed by atoms with Crippen LogP contribution in [-0.2, 0) is 16.0 Å². The van der Waals surface area contributed by atoms with E-state index in [1.165, 1.54) is 6.92 Å². The highest BCUT2D eigenvalue weighted by Gasteiger charge is 2.24. The molecule has 0 aliphatic rings. The van der Waals surface area contributed by atoms with Crippen LogP contribution in [0.15, 0.2) is 30.3 Å². The van der Waals surface area contributed by atoms with E-state index in [0.29, 0.717) is 19.4 Å². The Kier molecular flexibility index (Phi) is 8.69. The Morgan fingerprint density at radius 3 is 2.59 bits per heavy atom. The Morgan fingerprint density at radius 2 is 2.05 bits per heavy atom. The van der Waals surface area contributed by atoms with Crippen LogP contribution in [0, 0.1) is 0 Å². The summed E-state index contributed by atoms with van der Waals surface area (Å²) in [6.07, 6.45) is 0.725. The Morgan fingerprint density at radius 1 is 1.36 bits per heavy atom. The fourth-order valence-corrected chi connectivity index (χ4v) is 2.37. The van der Waals surface area contributed by atoms with E-state index in [-0.39, 0.29) is 31.0 Å². The molecule has 0 radical (unpaired) electrons. The second kappa shape index (κ2) is 10.3. The first kappa shape index (κ1) is 18.6. The molecular weight excluding hydrogens is 282 g/mol. The summed E-state index contributed by atoms with van der Waals surface area (Å²) in [5.74, 6) is -0.102. The normalized spacial score (nSPS) is 15.1. The van der Waals surface area contributed by atoms with Gasteiger partial charge in [0.25, 0.3) is 0 Å². The second-order valence-corrected chi connectivity index (χ2v) is 5.25. The van der Waals surface area contributed by atoms with Crippen molar-refractivity contribution in [3.05, 3.63) is 35.9 Å². The summed E-state index contributed by atoms with van der Waals surface area (Å²) in [6.45, 7) is 3.60. The third-order valence-electron chi connectivity index (χ3n) is 3.34. The van der Waals surface area contributed by atoms with Gasteiger partial charge in [0.1, 0.15) is 6.23 Å². The van der Waals surface area contributed by atoms with Crippen LogP contribution >= 0.6 is 0 Å². The largest absolute Gasteiger partial charge is 0.381 e. The van der Waals surface area contributed by atoms with Gasteiger partial charge in [0, 0.05) is 6.92 Å². The molecule has 124 valence electrons. The summed E-state index contributed by atoms with van der Waals surface area (Å²) in [5.41, 5.74) is 6.80. The van der Waals surface area contributed by atoms with Gasteiger partial charge in [0.05, 0.1) is 18.9 Å². The van der Waals surface area contributed by atoms with E-state index in [1.54, 1.807) is 0 Å². The van der Waals surface area contributed by atoms with Crippen LogP contribution in [0.5, 0.6) is 0 Å². The van der Waals surface area contributed by atoms with Crippen LogP contribution in [0.25, 0.3) is 0 Å². The van der Waals surface area contributed by atoms with E-state index in [0.717, 1.165) is 5.56 Å². The van der Waals surface area contributed by atoms with Crippen LogP contribution in [0.1, 0.15) is 25.8 Å². The van der Waals surface area contributed by atoms with Crippen LogP contribution < -0.4 is 16.4 Å². The smallest absolute Gasteiger partial charge is 0.217 e. The number of hydrogen-bond donors (Lipinski definition) is 4. The summed E-state index contributed by atoms with van der Waals surface area (Å²) in [4.78, 5) is 11.5. The number of nitrogens with two attached hydrogens (primary N) is 1. The van der Waals surface area contributed by atoms with Crippen molar-refractivity contribution in [2.75, 3.05) is 13.3 Å². The second-order valence-electron chi connectivity index (χ2n) is 5.25. The minimum atomic E-state index is -0.325. The summed E-state index contributed by atoms with van der Waals surface area (Å²) in [6, 6.07) is 9.75. The minimum absolute atomic E-state index is 0.102. The number of hydrogen-bond acceptors (Lipinski definition) is 5. The van der Waals surface area contributed by atoms with Gasteiger partial charge < -0.3 is 20.9 Å². The fourth-order valence-electron chi connectivity index (χ4n) is 2.37. The highest BCUT2D eigenvalue weighted by atomic mass is 16.5. The van der Waals surface area contributed by atoms with E-state index in [1.807, 2.05) is 37.3 Å². The number of amides is 1. The summed E-state index contributed by atoms with van der Waals surface area (Å²) in [7, 11) is 0. The van der Waals surface area contributed by atoms with Crippen LogP contribution in [-0.4, -0.2) is 42.7 Å². The molecule has 0 fully saturated rings. The average Bonchev–Trinajstić information content (AvgIpc) is 2.47. The van der Waals surface area contributed by atoms with Crippen molar-refractivity contribution in [3.8, 4) is 0 Å². The molecule has 0 heterocycles. The van der Waals surface area contributed by atoms with E-state index in [4.69, 9.17) is 15.6 Å². The van der Waals surface area contributed by atoms with Gasteiger partial charge in [-0.3, -0.25) is 10.1 Å². The van der Waals surface area contributed by atoms with Crippen molar-refractivity contribution in [2.24, 2.45) is 5.73 Å². The van der Waals surface area contributed by atoms with E-state index in [2.05, 4.69) is 10.6 Å². The molecule has 1 aromatic rings. The highest BCUT2D eigenvalue weighted by Crippen LogP contribution is 2.13. The molecule has 0 bridgehead atoms. The maximum absolute atomic E-state index is 11.5. The third-order valence-corrected chi connectivity index (χ3v) is 3.34. The lowest BCUT2D eigenvalue weighted by Crippen LogP contribution is -2.48. The lowest BCUT2D eigenvalue weighted by atomic mass is 9.99. The molecule has 3 unspecified atom stereocenters. The maximum Gasteiger partial charge on any atom is 0.217 e. The Hall–Kier alpha value is -1.47. The third kappa shape index (κ3) is 7.00. The van der Waals surface area contributed by atoms with E-state index in [9.17, 15) is 4.79 Å². The molecule has 22 heavy (non-hydrogen) atoms. The Bertz CT molecular complexity index is 428. The molecule has 1 amide bonds. The number of carbonyl (C=O) groups is 1. The molecule has 6 heteroatoms. The number of aliphatic hydroxyl groups is 1. The first-order chi connectivity index (χ1) is 10.6. The molecule has 1 aromatic carbocycles. The van der Waals surface area contributed by atoms with Gasteiger partial charge in [-0.1, -0.05) is 30.3 Å². The van der Waals surface area contributed by atoms with Crippen molar-refractivity contribution in [2.45, 2.75) is 45.1 Å². The van der Waals surface area contributed by atoms with Gasteiger partial charge in [-0.25, -0.2) is 0 Å². The molecular formula is C16H27N3O3. The number of carbonyl (C=O) groups excluding carboxylic acids is 1. The highest BCUT2D eigenvalue weighted by molar-refractivity contribution is 5.73. The molecule has 5 N–H and O–H groups in total. The summed E-state index contributed by atoms with van der Waals surface area (Å²) >= 11 is 0. The topological polar surface area (TPSA) is 96.6 Å². The minimum Gasteiger partial charge on any atom is -0.381 e. The molecule has 0 saturated carbocycles. The lowest BCUT2D eigenvalue weighted by Gasteiger charge is -2.30. The molecule has 3 atom stereocenters. The van der Waals surface area contributed by atoms with Crippen LogP contribution in [0.2, 0.25) is 0 Å². The predicted molar refractivity (Wildman–Crippen MR) is 86.0 cm³/mol. The van der Waals surface area contributed by atoms with Gasteiger partial charge in [-0.05, 0) is 31.9 Å². The van der Waals surface area contributed by atoms with Crippen LogP contribution in [0.3, 0.4) is 0 Å². The van der Waals surface area contributed by atoms with E-state index >= 15 is 0 Å². The van der Waals surface area contributed by atoms with Crippen LogP contribution in [0.4, 0.5) is 0 Å². The molecule has 0 aliphatic heterocycles. The predicted octanol–water partition coefficient (Wildman–Crippen LogP) is 0.353. The maximum atomic E-state index is 11.5. The molecule has 0 spiro atoms. The Balaban J connectivity index is 2.81. The zero-order valence-electron chi connectivity index (χ0n) is 13.3. The number of ether oxygens (including phenoxy) is 1. The first-order valence-electron chi connectivity index (χ1n) is 7.57. The van der Waals surface area contributed by atoms with Gasteiger partial charge in [-0.2, -0.15) is 0 Å². The van der Waals surface area contributed by atoms with Gasteiger partial charge >= 0.3 is 0 Å². The molecule has 6 nitrogen and oxygen atoms in total. The zero-order chi connectivity index (χ0) is 16.4. The number of aliphatic hydroxyl groups excluding tert-OH is 1. The van der Waals surface area contributed by atoms with Gasteiger partial charge in [0.15, 0.2) is 0 Å². The van der Waals surface area contributed by atoms with Crippen molar-refractivity contribution in [1.29, 1.82) is 0 Å². The fraction of sp³-hybridized carbons (Fsp3) is 0.562. The number of nitrogens with one attached hydrogen (secondary N) is 2.